The van der Waals surface area contributed by atoms with Gasteiger partial charge in [0.15, 0.2) is 17.2 Å². The fraction of sp³-hybridized carbons (Fsp3) is 0.125. The smallest absolute Gasteiger partial charge is 0.290 e. The third-order valence-corrected chi connectivity index (χ3v) is 3.93. The van der Waals surface area contributed by atoms with Crippen LogP contribution in [-0.4, -0.2) is 18.6 Å². The Bertz CT molecular complexity index is 957. The Morgan fingerprint density at radius 2 is 1.70 bits per heavy atom. The van der Waals surface area contributed by atoms with Crippen molar-refractivity contribution in [3.63, 3.8) is 0 Å². The van der Waals surface area contributed by atoms with Gasteiger partial charge in [-0.05, 0) is 35.3 Å². The molecular formula is C16H10N2O5. The molecule has 0 bridgehead atoms. The number of nitrogens with zero attached hydrogens (tertiary/aromatic N) is 2. The van der Waals surface area contributed by atoms with Gasteiger partial charge in [-0.2, -0.15) is 0 Å². The molecule has 0 radical (unpaired) electrons. The predicted octanol–water partition coefficient (Wildman–Crippen LogP) is 1.99. The van der Waals surface area contributed by atoms with Gasteiger partial charge in [0, 0.05) is 5.56 Å². The van der Waals surface area contributed by atoms with Gasteiger partial charge in [-0.1, -0.05) is 0 Å². The average molecular weight is 310 g/mol. The molecular weight excluding hydrogens is 300 g/mol. The SMILES string of the molecule is [O-][n+]1cnc2c3c(ccc2c1-c1ccc2c(c1)OCO2)OCO3. The van der Waals surface area contributed by atoms with Crippen molar-refractivity contribution in [3.05, 3.63) is 41.9 Å². The van der Waals surface area contributed by atoms with E-state index in [-0.39, 0.29) is 13.6 Å². The summed E-state index contributed by atoms with van der Waals surface area (Å²) in [5, 5.41) is 13.0. The second kappa shape index (κ2) is 4.39. The number of rotatable bonds is 1. The van der Waals surface area contributed by atoms with E-state index in [2.05, 4.69) is 4.98 Å². The summed E-state index contributed by atoms with van der Waals surface area (Å²) < 4.78 is 22.3. The van der Waals surface area contributed by atoms with Gasteiger partial charge in [0.1, 0.15) is 5.69 Å². The Kier molecular flexibility index (Phi) is 2.35. The van der Waals surface area contributed by atoms with Crippen LogP contribution in [0.5, 0.6) is 23.0 Å². The molecule has 0 spiro atoms. The van der Waals surface area contributed by atoms with E-state index >= 15 is 0 Å². The largest absolute Gasteiger partial charge is 0.710 e. The fourth-order valence-electron chi connectivity index (χ4n) is 2.89. The summed E-state index contributed by atoms with van der Waals surface area (Å²) in [6.07, 6.45) is 1.23. The van der Waals surface area contributed by atoms with Crippen molar-refractivity contribution in [1.29, 1.82) is 0 Å². The lowest BCUT2D eigenvalue weighted by Crippen LogP contribution is -2.29. The number of aromatic nitrogens is 2. The maximum absolute atomic E-state index is 12.3. The highest BCUT2D eigenvalue weighted by Gasteiger charge is 2.25. The quantitative estimate of drug-likeness (QED) is 0.505. The predicted molar refractivity (Wildman–Crippen MR) is 78.4 cm³/mol. The van der Waals surface area contributed by atoms with Gasteiger partial charge in [-0.3, -0.25) is 0 Å². The molecule has 5 rings (SSSR count). The molecule has 7 heteroatoms. The van der Waals surface area contributed by atoms with Crippen LogP contribution < -0.4 is 23.7 Å². The molecule has 23 heavy (non-hydrogen) atoms. The number of hydrogen-bond donors (Lipinski definition) is 0. The van der Waals surface area contributed by atoms with Crippen molar-refractivity contribution >= 4 is 10.9 Å². The van der Waals surface area contributed by atoms with Gasteiger partial charge in [-0.25, -0.2) is 4.73 Å². The number of ether oxygens (including phenoxy) is 4. The molecule has 3 aromatic rings. The molecule has 2 aliphatic heterocycles. The van der Waals surface area contributed by atoms with E-state index in [0.717, 1.165) is 10.3 Å². The van der Waals surface area contributed by atoms with E-state index in [1.54, 1.807) is 18.2 Å². The first-order valence-corrected chi connectivity index (χ1v) is 7.02. The molecule has 0 amide bonds. The van der Waals surface area contributed by atoms with E-state index in [9.17, 15) is 5.21 Å². The third kappa shape index (κ3) is 1.70. The van der Waals surface area contributed by atoms with Crippen molar-refractivity contribution in [1.82, 2.24) is 4.98 Å². The van der Waals surface area contributed by atoms with Gasteiger partial charge < -0.3 is 24.2 Å². The first kappa shape index (κ1) is 12.3. The lowest BCUT2D eigenvalue weighted by molar-refractivity contribution is -0.595. The summed E-state index contributed by atoms with van der Waals surface area (Å²) in [6, 6.07) is 8.99. The Hall–Kier alpha value is -3.22. The van der Waals surface area contributed by atoms with Crippen molar-refractivity contribution in [2.45, 2.75) is 0 Å². The van der Waals surface area contributed by atoms with Crippen LogP contribution in [0.25, 0.3) is 22.2 Å². The van der Waals surface area contributed by atoms with Gasteiger partial charge in [0.05, 0.1) is 5.39 Å². The van der Waals surface area contributed by atoms with Gasteiger partial charge in [-0.15, -0.1) is 0 Å². The van der Waals surface area contributed by atoms with E-state index in [0.29, 0.717) is 39.6 Å². The topological polar surface area (TPSA) is 76.8 Å². The number of fused-ring (bicyclic) bond motifs is 4. The number of hydrogen-bond acceptors (Lipinski definition) is 6. The minimum absolute atomic E-state index is 0.155. The average Bonchev–Trinajstić information content (AvgIpc) is 3.22. The highest BCUT2D eigenvalue weighted by Crippen LogP contribution is 2.41. The molecule has 1 aromatic heterocycles. The monoisotopic (exact) mass is 310 g/mol. The van der Waals surface area contributed by atoms with E-state index in [1.807, 2.05) is 12.1 Å². The summed E-state index contributed by atoms with van der Waals surface area (Å²) in [7, 11) is 0. The molecule has 0 unspecified atom stereocenters. The highest BCUT2D eigenvalue weighted by molar-refractivity contribution is 5.96. The van der Waals surface area contributed by atoms with Gasteiger partial charge in [0.25, 0.3) is 6.33 Å². The van der Waals surface area contributed by atoms with Crippen LogP contribution in [0, 0.1) is 5.21 Å². The zero-order valence-corrected chi connectivity index (χ0v) is 11.8. The van der Waals surface area contributed by atoms with E-state index < -0.39 is 0 Å². The summed E-state index contributed by atoms with van der Waals surface area (Å²) >= 11 is 0. The summed E-state index contributed by atoms with van der Waals surface area (Å²) in [6.45, 7) is 0.341. The summed E-state index contributed by atoms with van der Waals surface area (Å²) in [4.78, 5) is 4.20. The molecule has 0 atom stereocenters. The van der Waals surface area contributed by atoms with Crippen molar-refractivity contribution < 1.29 is 23.7 Å². The molecule has 114 valence electrons. The molecule has 3 heterocycles. The Morgan fingerprint density at radius 3 is 2.65 bits per heavy atom. The Morgan fingerprint density at radius 1 is 0.913 bits per heavy atom. The molecule has 0 fully saturated rings. The standard InChI is InChI=1S/C16H10N2O5/c19-18-6-17-14-10(2-4-12-16(14)23-8-21-12)15(18)9-1-3-11-13(5-9)22-7-20-11/h1-6H,7-8H2. The lowest BCUT2D eigenvalue weighted by atomic mass is 10.1. The molecule has 7 nitrogen and oxygen atoms in total. The van der Waals surface area contributed by atoms with Gasteiger partial charge >= 0.3 is 0 Å². The molecule has 0 saturated heterocycles. The molecule has 0 aliphatic carbocycles. The molecule has 2 aliphatic rings. The van der Waals surface area contributed by atoms with Gasteiger partial charge in [0.2, 0.25) is 24.9 Å². The lowest BCUT2D eigenvalue weighted by Gasteiger charge is -2.11. The van der Waals surface area contributed by atoms with Crippen LogP contribution in [0.15, 0.2) is 36.7 Å². The van der Waals surface area contributed by atoms with E-state index in [1.165, 1.54) is 6.33 Å². The fourth-order valence-corrected chi connectivity index (χ4v) is 2.89. The second-order valence-electron chi connectivity index (χ2n) is 5.18. The maximum atomic E-state index is 12.3. The first-order chi connectivity index (χ1) is 11.3. The molecule has 2 aromatic carbocycles. The normalized spacial score (nSPS) is 14.4. The minimum atomic E-state index is 0.155. The molecule has 0 saturated carbocycles. The van der Waals surface area contributed by atoms with Crippen LogP contribution in [0.4, 0.5) is 0 Å². The van der Waals surface area contributed by atoms with E-state index in [4.69, 9.17) is 18.9 Å². The van der Waals surface area contributed by atoms with Crippen LogP contribution in [0.1, 0.15) is 0 Å². The first-order valence-electron chi connectivity index (χ1n) is 7.02. The number of benzene rings is 2. The summed E-state index contributed by atoms with van der Waals surface area (Å²) in [5.41, 5.74) is 1.79. The second-order valence-corrected chi connectivity index (χ2v) is 5.18. The Labute approximate surface area is 130 Å². The maximum Gasteiger partial charge on any atom is 0.290 e. The van der Waals surface area contributed by atoms with Crippen molar-refractivity contribution in [3.8, 4) is 34.3 Å². The van der Waals surface area contributed by atoms with Crippen LogP contribution in [0.3, 0.4) is 0 Å². The Balaban J connectivity index is 1.79. The van der Waals surface area contributed by atoms with Crippen molar-refractivity contribution in [2.75, 3.05) is 13.6 Å². The zero-order valence-electron chi connectivity index (χ0n) is 11.8. The van der Waals surface area contributed by atoms with Crippen LogP contribution in [0.2, 0.25) is 0 Å². The zero-order chi connectivity index (χ0) is 15.4. The van der Waals surface area contributed by atoms with Crippen molar-refractivity contribution in [2.24, 2.45) is 0 Å². The minimum Gasteiger partial charge on any atom is -0.710 e. The third-order valence-electron chi connectivity index (χ3n) is 3.93. The van der Waals surface area contributed by atoms with Crippen LogP contribution in [-0.2, 0) is 0 Å². The summed E-state index contributed by atoms with van der Waals surface area (Å²) in [5.74, 6) is 2.48. The highest BCUT2D eigenvalue weighted by atomic mass is 16.7. The molecule has 0 N–H and O–H groups in total. The van der Waals surface area contributed by atoms with Crippen LogP contribution >= 0.6 is 0 Å².